The predicted molar refractivity (Wildman–Crippen MR) is 100 cm³/mol. The van der Waals surface area contributed by atoms with Gasteiger partial charge in [-0.3, -0.25) is 4.79 Å². The normalized spacial score (nSPS) is 24.0. The van der Waals surface area contributed by atoms with Crippen molar-refractivity contribution in [1.29, 1.82) is 0 Å². The maximum Gasteiger partial charge on any atom is 0.221 e. The van der Waals surface area contributed by atoms with E-state index in [9.17, 15) is 4.79 Å². The first-order chi connectivity index (χ1) is 11.7. The van der Waals surface area contributed by atoms with Crippen molar-refractivity contribution >= 4 is 23.4 Å². The van der Waals surface area contributed by atoms with E-state index in [1.54, 1.807) is 7.11 Å². The van der Waals surface area contributed by atoms with Crippen molar-refractivity contribution in [3.63, 3.8) is 0 Å². The lowest BCUT2D eigenvalue weighted by atomic mass is 10.1. The first kappa shape index (κ1) is 17.4. The highest BCUT2D eigenvalue weighted by Gasteiger charge is 2.24. The lowest BCUT2D eigenvalue weighted by molar-refractivity contribution is -0.121. The van der Waals surface area contributed by atoms with Crippen LogP contribution in [0.25, 0.3) is 0 Å². The molecule has 132 valence electrons. The van der Waals surface area contributed by atoms with Gasteiger partial charge in [-0.2, -0.15) is 11.8 Å². The number of rotatable bonds is 6. The van der Waals surface area contributed by atoms with Crippen LogP contribution in [0, 0.1) is 5.92 Å². The van der Waals surface area contributed by atoms with Crippen LogP contribution in [0.15, 0.2) is 24.3 Å². The van der Waals surface area contributed by atoms with Crippen LogP contribution in [-0.2, 0) is 4.79 Å². The summed E-state index contributed by atoms with van der Waals surface area (Å²) in [4.78, 5) is 14.5. The molecule has 2 fully saturated rings. The summed E-state index contributed by atoms with van der Waals surface area (Å²) in [6, 6.07) is 8.52. The van der Waals surface area contributed by atoms with Crippen LogP contribution >= 0.6 is 11.8 Å². The quantitative estimate of drug-likeness (QED) is 0.819. The van der Waals surface area contributed by atoms with Crippen molar-refractivity contribution in [2.75, 3.05) is 49.7 Å². The highest BCUT2D eigenvalue weighted by atomic mass is 32.2. The summed E-state index contributed by atoms with van der Waals surface area (Å²) in [5.74, 6) is 3.78. The van der Waals surface area contributed by atoms with E-state index in [0.29, 0.717) is 18.4 Å². The Kier molecular flexibility index (Phi) is 6.26. The van der Waals surface area contributed by atoms with Gasteiger partial charge in [0.1, 0.15) is 5.75 Å². The smallest absolute Gasteiger partial charge is 0.221 e. The van der Waals surface area contributed by atoms with Gasteiger partial charge in [0.05, 0.1) is 7.11 Å². The number of hydrogen-bond acceptors (Lipinski definition) is 5. The summed E-state index contributed by atoms with van der Waals surface area (Å²) in [6.07, 6.45) is 1.72. The van der Waals surface area contributed by atoms with Gasteiger partial charge >= 0.3 is 0 Å². The summed E-state index contributed by atoms with van der Waals surface area (Å²) in [7, 11) is 1.70. The largest absolute Gasteiger partial charge is 0.497 e. The van der Waals surface area contributed by atoms with E-state index in [2.05, 4.69) is 27.7 Å². The fraction of sp³-hybridized carbons (Fsp3) is 0.611. The first-order valence-electron chi connectivity index (χ1n) is 8.71. The van der Waals surface area contributed by atoms with Crippen molar-refractivity contribution in [2.45, 2.75) is 18.9 Å². The minimum absolute atomic E-state index is 0.176. The number of hydrogen-bond donors (Lipinski definition) is 2. The third-order valence-corrected chi connectivity index (χ3v) is 5.85. The minimum atomic E-state index is 0.176. The summed E-state index contributed by atoms with van der Waals surface area (Å²) in [5.41, 5.74) is 1.20. The van der Waals surface area contributed by atoms with Gasteiger partial charge in [0.2, 0.25) is 5.91 Å². The zero-order chi connectivity index (χ0) is 16.8. The van der Waals surface area contributed by atoms with Gasteiger partial charge in [-0.05, 0) is 24.5 Å². The van der Waals surface area contributed by atoms with E-state index < -0.39 is 0 Å². The maximum atomic E-state index is 12.1. The standard InChI is InChI=1S/C18H27N3O2S/c1-23-17-4-2-3-16(10-17)21-7-5-14(12-21)11-20-18(22)9-15-13-24-8-6-19-15/h2-4,10,14-15,19H,5-9,11-13H2,1H3,(H,20,22). The molecule has 1 aromatic carbocycles. The number of anilines is 1. The molecule has 1 amide bonds. The van der Waals surface area contributed by atoms with Crippen molar-refractivity contribution in [1.82, 2.24) is 10.6 Å². The third-order valence-electron chi connectivity index (χ3n) is 4.72. The Bertz CT molecular complexity index is 549. The molecule has 2 N–H and O–H groups in total. The molecular weight excluding hydrogens is 322 g/mol. The molecule has 0 radical (unpaired) electrons. The zero-order valence-corrected chi connectivity index (χ0v) is 15.1. The number of carbonyl (C=O) groups excluding carboxylic acids is 1. The lowest BCUT2D eigenvalue weighted by Gasteiger charge is -2.23. The molecule has 0 aromatic heterocycles. The minimum Gasteiger partial charge on any atom is -0.497 e. The number of nitrogens with zero attached hydrogens (tertiary/aromatic N) is 1. The van der Waals surface area contributed by atoms with Crippen molar-refractivity contribution in [3.8, 4) is 5.75 Å². The molecule has 0 bridgehead atoms. The molecular formula is C18H27N3O2S. The second-order valence-electron chi connectivity index (χ2n) is 6.54. The Morgan fingerprint density at radius 1 is 1.50 bits per heavy atom. The molecule has 2 heterocycles. The number of amides is 1. The first-order valence-corrected chi connectivity index (χ1v) is 9.87. The second-order valence-corrected chi connectivity index (χ2v) is 7.69. The lowest BCUT2D eigenvalue weighted by Crippen LogP contribution is -2.42. The number of thioether (sulfide) groups is 1. The second kappa shape index (κ2) is 8.62. The zero-order valence-electron chi connectivity index (χ0n) is 14.3. The van der Waals surface area contributed by atoms with Crippen molar-refractivity contribution in [2.24, 2.45) is 5.92 Å². The van der Waals surface area contributed by atoms with Crippen LogP contribution in [-0.4, -0.2) is 56.7 Å². The van der Waals surface area contributed by atoms with Crippen LogP contribution in [0.1, 0.15) is 12.8 Å². The fourth-order valence-corrected chi connectivity index (χ4v) is 4.30. The van der Waals surface area contributed by atoms with E-state index in [1.165, 1.54) is 5.69 Å². The van der Waals surface area contributed by atoms with Gasteiger partial charge in [-0.25, -0.2) is 0 Å². The van der Waals surface area contributed by atoms with Gasteiger partial charge in [-0.15, -0.1) is 0 Å². The van der Waals surface area contributed by atoms with Gasteiger partial charge in [0.25, 0.3) is 0 Å². The Labute approximate surface area is 148 Å². The van der Waals surface area contributed by atoms with Crippen LogP contribution < -0.4 is 20.3 Å². The summed E-state index contributed by atoms with van der Waals surface area (Å²) >= 11 is 1.93. The average Bonchev–Trinajstić information content (AvgIpc) is 3.10. The molecule has 2 unspecified atom stereocenters. The highest BCUT2D eigenvalue weighted by Crippen LogP contribution is 2.26. The number of methoxy groups -OCH3 is 1. The maximum absolute atomic E-state index is 12.1. The van der Waals surface area contributed by atoms with E-state index in [4.69, 9.17) is 4.74 Å². The number of carbonyl (C=O) groups is 1. The van der Waals surface area contributed by atoms with Gasteiger partial charge in [-0.1, -0.05) is 6.07 Å². The van der Waals surface area contributed by atoms with Gasteiger partial charge in [0.15, 0.2) is 0 Å². The molecule has 5 nitrogen and oxygen atoms in total. The topological polar surface area (TPSA) is 53.6 Å². The van der Waals surface area contributed by atoms with Crippen LogP contribution in [0.5, 0.6) is 5.75 Å². The molecule has 2 saturated heterocycles. The predicted octanol–water partition coefficient (Wildman–Crippen LogP) is 1.73. The van der Waals surface area contributed by atoms with Gasteiger partial charge < -0.3 is 20.3 Å². The molecule has 2 aliphatic heterocycles. The fourth-order valence-electron chi connectivity index (χ4n) is 3.35. The number of ether oxygens (including phenoxy) is 1. The average molecular weight is 350 g/mol. The van der Waals surface area contributed by atoms with Gasteiger partial charge in [0, 0.05) is 61.9 Å². The molecule has 1 aromatic rings. The Morgan fingerprint density at radius 2 is 2.42 bits per heavy atom. The summed E-state index contributed by atoms with van der Waals surface area (Å²) in [6.45, 7) is 3.82. The molecule has 3 rings (SSSR count). The molecule has 24 heavy (non-hydrogen) atoms. The summed E-state index contributed by atoms with van der Waals surface area (Å²) < 4.78 is 5.30. The van der Waals surface area contributed by atoms with E-state index in [-0.39, 0.29) is 5.91 Å². The highest BCUT2D eigenvalue weighted by molar-refractivity contribution is 7.99. The Hall–Kier alpha value is -1.40. The van der Waals surface area contributed by atoms with Crippen LogP contribution in [0.2, 0.25) is 0 Å². The van der Waals surface area contributed by atoms with Crippen LogP contribution in [0.4, 0.5) is 5.69 Å². The van der Waals surface area contributed by atoms with Crippen LogP contribution in [0.3, 0.4) is 0 Å². The third kappa shape index (κ3) is 4.80. The monoisotopic (exact) mass is 349 g/mol. The van der Waals surface area contributed by atoms with E-state index in [0.717, 1.165) is 49.9 Å². The number of nitrogens with one attached hydrogen (secondary N) is 2. The Morgan fingerprint density at radius 3 is 3.21 bits per heavy atom. The van der Waals surface area contributed by atoms with Crippen molar-refractivity contribution < 1.29 is 9.53 Å². The Balaban J connectivity index is 1.41. The molecule has 0 spiro atoms. The molecule has 0 aliphatic carbocycles. The molecule has 6 heteroatoms. The van der Waals surface area contributed by atoms with Crippen molar-refractivity contribution in [3.05, 3.63) is 24.3 Å². The van der Waals surface area contributed by atoms with E-state index >= 15 is 0 Å². The summed E-state index contributed by atoms with van der Waals surface area (Å²) in [5, 5.41) is 6.54. The SMILES string of the molecule is COc1cccc(N2CCC(CNC(=O)CC3CSCCN3)C2)c1. The van der Waals surface area contributed by atoms with E-state index in [1.807, 2.05) is 23.9 Å². The number of benzene rings is 1. The molecule has 0 saturated carbocycles. The molecule has 2 atom stereocenters. The molecule has 2 aliphatic rings.